The number of benzene rings is 1. The van der Waals surface area contributed by atoms with Gasteiger partial charge in [0.05, 0.1) is 4.47 Å². The Morgan fingerprint density at radius 3 is 2.67 bits per heavy atom. The van der Waals surface area contributed by atoms with E-state index in [0.717, 1.165) is 5.56 Å². The first-order valence-corrected chi connectivity index (χ1v) is 6.20. The van der Waals surface area contributed by atoms with Crippen LogP contribution in [0.1, 0.15) is 18.5 Å². The first-order chi connectivity index (χ1) is 8.56. The highest BCUT2D eigenvalue weighted by Crippen LogP contribution is 2.25. The van der Waals surface area contributed by atoms with Gasteiger partial charge < -0.3 is 10.5 Å². The van der Waals surface area contributed by atoms with Crippen LogP contribution in [0.5, 0.6) is 11.6 Å². The lowest BCUT2D eigenvalue weighted by Gasteiger charge is -2.08. The van der Waals surface area contributed by atoms with Gasteiger partial charge in [-0.05, 0) is 40.5 Å². The zero-order valence-corrected chi connectivity index (χ0v) is 11.3. The standard InChI is InChI=1S/C13H12BrFN2O/c1-8(16)9-2-5-13(17-7-9)18-10-3-4-11(14)12(15)6-10/h2-8H,16H2,1H3/t8-/m1/s1. The lowest BCUT2D eigenvalue weighted by atomic mass is 10.2. The Hall–Kier alpha value is -1.46. The molecule has 5 heteroatoms. The topological polar surface area (TPSA) is 48.1 Å². The number of hydrogen-bond acceptors (Lipinski definition) is 3. The van der Waals surface area contributed by atoms with Crippen LogP contribution >= 0.6 is 15.9 Å². The molecule has 94 valence electrons. The fourth-order valence-corrected chi connectivity index (χ4v) is 1.63. The molecule has 0 fully saturated rings. The monoisotopic (exact) mass is 310 g/mol. The van der Waals surface area contributed by atoms with E-state index in [1.807, 2.05) is 13.0 Å². The second kappa shape index (κ2) is 5.46. The van der Waals surface area contributed by atoms with Gasteiger partial charge in [-0.15, -0.1) is 0 Å². The minimum absolute atomic E-state index is 0.0725. The van der Waals surface area contributed by atoms with Gasteiger partial charge in [0.15, 0.2) is 0 Å². The molecule has 0 amide bonds. The number of nitrogens with two attached hydrogens (primary N) is 1. The molecule has 0 unspecified atom stereocenters. The van der Waals surface area contributed by atoms with Crippen LogP contribution in [-0.4, -0.2) is 4.98 Å². The molecule has 2 aromatic rings. The van der Waals surface area contributed by atoms with Gasteiger partial charge in [-0.3, -0.25) is 0 Å². The third kappa shape index (κ3) is 3.05. The molecule has 0 saturated heterocycles. The molecule has 2 rings (SSSR count). The van der Waals surface area contributed by atoms with E-state index < -0.39 is 0 Å². The van der Waals surface area contributed by atoms with Crippen molar-refractivity contribution in [1.29, 1.82) is 0 Å². The highest BCUT2D eigenvalue weighted by molar-refractivity contribution is 9.10. The van der Waals surface area contributed by atoms with Gasteiger partial charge in [0, 0.05) is 24.4 Å². The number of aromatic nitrogens is 1. The molecule has 0 saturated carbocycles. The minimum Gasteiger partial charge on any atom is -0.439 e. The van der Waals surface area contributed by atoms with Crippen LogP contribution in [-0.2, 0) is 0 Å². The molecule has 1 atom stereocenters. The summed E-state index contributed by atoms with van der Waals surface area (Å²) in [5.41, 5.74) is 6.64. The summed E-state index contributed by atoms with van der Waals surface area (Å²) in [5, 5.41) is 0. The van der Waals surface area contributed by atoms with Crippen molar-refractivity contribution >= 4 is 15.9 Å². The van der Waals surface area contributed by atoms with Gasteiger partial charge in [-0.2, -0.15) is 0 Å². The van der Waals surface area contributed by atoms with E-state index in [1.165, 1.54) is 6.07 Å². The van der Waals surface area contributed by atoms with Crippen molar-refractivity contribution in [2.45, 2.75) is 13.0 Å². The molecule has 2 N–H and O–H groups in total. The molecule has 1 heterocycles. The first kappa shape index (κ1) is 13.0. The van der Waals surface area contributed by atoms with E-state index in [4.69, 9.17) is 10.5 Å². The van der Waals surface area contributed by atoms with Gasteiger partial charge in [0.1, 0.15) is 11.6 Å². The molecule has 0 spiro atoms. The summed E-state index contributed by atoms with van der Waals surface area (Å²) in [5.74, 6) is 0.428. The van der Waals surface area contributed by atoms with E-state index >= 15 is 0 Å². The van der Waals surface area contributed by atoms with Gasteiger partial charge in [-0.25, -0.2) is 9.37 Å². The van der Waals surface area contributed by atoms with Crippen molar-refractivity contribution in [3.8, 4) is 11.6 Å². The van der Waals surface area contributed by atoms with Crippen LogP contribution < -0.4 is 10.5 Å². The highest BCUT2D eigenvalue weighted by Gasteiger charge is 2.05. The van der Waals surface area contributed by atoms with Crippen molar-refractivity contribution in [3.63, 3.8) is 0 Å². The number of hydrogen-bond donors (Lipinski definition) is 1. The quantitative estimate of drug-likeness (QED) is 0.938. The van der Waals surface area contributed by atoms with Crippen LogP contribution in [0.25, 0.3) is 0 Å². The number of ether oxygens (including phenoxy) is 1. The molecule has 0 aliphatic carbocycles. The first-order valence-electron chi connectivity index (χ1n) is 5.40. The number of pyridine rings is 1. The van der Waals surface area contributed by atoms with Gasteiger partial charge in [0.2, 0.25) is 5.88 Å². The molecule has 18 heavy (non-hydrogen) atoms. The molecule has 0 radical (unpaired) electrons. The maximum Gasteiger partial charge on any atom is 0.219 e. The lowest BCUT2D eigenvalue weighted by molar-refractivity contribution is 0.457. The van der Waals surface area contributed by atoms with E-state index in [-0.39, 0.29) is 11.9 Å². The predicted octanol–water partition coefficient (Wildman–Crippen LogP) is 3.80. The average molecular weight is 311 g/mol. The normalized spacial score (nSPS) is 12.2. The molecular formula is C13H12BrFN2O. The van der Waals surface area contributed by atoms with Gasteiger partial charge in [0.25, 0.3) is 0 Å². The predicted molar refractivity (Wildman–Crippen MR) is 71.0 cm³/mol. The van der Waals surface area contributed by atoms with Crippen LogP contribution in [0, 0.1) is 5.82 Å². The summed E-state index contributed by atoms with van der Waals surface area (Å²) in [7, 11) is 0. The molecular weight excluding hydrogens is 299 g/mol. The Labute approximate surface area is 113 Å². The zero-order chi connectivity index (χ0) is 13.1. The second-order valence-electron chi connectivity index (χ2n) is 3.90. The summed E-state index contributed by atoms with van der Waals surface area (Å²) in [6.07, 6.45) is 1.65. The van der Waals surface area contributed by atoms with Crippen molar-refractivity contribution in [2.24, 2.45) is 5.73 Å². The maximum atomic E-state index is 13.3. The SMILES string of the molecule is C[C@@H](N)c1ccc(Oc2ccc(Br)c(F)c2)nc1. The Balaban J connectivity index is 2.15. The van der Waals surface area contributed by atoms with E-state index in [0.29, 0.717) is 16.1 Å². The fourth-order valence-electron chi connectivity index (χ4n) is 1.38. The van der Waals surface area contributed by atoms with Crippen molar-refractivity contribution < 1.29 is 9.13 Å². The summed E-state index contributed by atoms with van der Waals surface area (Å²) in [6, 6.07) is 8.01. The van der Waals surface area contributed by atoms with Crippen LogP contribution in [0.4, 0.5) is 4.39 Å². The summed E-state index contributed by atoms with van der Waals surface area (Å²) in [6.45, 7) is 1.88. The van der Waals surface area contributed by atoms with E-state index in [1.54, 1.807) is 24.4 Å². The number of nitrogens with zero attached hydrogens (tertiary/aromatic N) is 1. The highest BCUT2D eigenvalue weighted by atomic mass is 79.9. The van der Waals surface area contributed by atoms with E-state index in [2.05, 4.69) is 20.9 Å². The minimum atomic E-state index is -0.375. The number of rotatable bonds is 3. The van der Waals surface area contributed by atoms with Gasteiger partial charge in [-0.1, -0.05) is 6.07 Å². The average Bonchev–Trinajstić information content (AvgIpc) is 2.34. The van der Waals surface area contributed by atoms with Crippen LogP contribution in [0.3, 0.4) is 0 Å². The molecule has 1 aromatic heterocycles. The molecule has 0 bridgehead atoms. The Morgan fingerprint density at radius 1 is 1.33 bits per heavy atom. The second-order valence-corrected chi connectivity index (χ2v) is 4.75. The molecule has 3 nitrogen and oxygen atoms in total. The smallest absolute Gasteiger partial charge is 0.219 e. The maximum absolute atomic E-state index is 13.3. The van der Waals surface area contributed by atoms with E-state index in [9.17, 15) is 4.39 Å². The Kier molecular flexibility index (Phi) is 3.93. The largest absolute Gasteiger partial charge is 0.439 e. The van der Waals surface area contributed by atoms with Crippen molar-refractivity contribution in [1.82, 2.24) is 4.98 Å². The third-order valence-corrected chi connectivity index (χ3v) is 3.04. The summed E-state index contributed by atoms with van der Waals surface area (Å²) >= 11 is 3.08. The molecule has 1 aromatic carbocycles. The Morgan fingerprint density at radius 2 is 2.11 bits per heavy atom. The summed E-state index contributed by atoms with van der Waals surface area (Å²) < 4.78 is 19.1. The molecule has 0 aliphatic heterocycles. The van der Waals surface area contributed by atoms with Gasteiger partial charge >= 0.3 is 0 Å². The van der Waals surface area contributed by atoms with Crippen molar-refractivity contribution in [3.05, 3.63) is 52.4 Å². The van der Waals surface area contributed by atoms with Crippen LogP contribution in [0.15, 0.2) is 41.0 Å². The molecule has 0 aliphatic rings. The fraction of sp³-hybridized carbons (Fsp3) is 0.154. The van der Waals surface area contributed by atoms with Crippen LogP contribution in [0.2, 0.25) is 0 Å². The number of halogens is 2. The van der Waals surface area contributed by atoms with Crippen molar-refractivity contribution in [2.75, 3.05) is 0 Å². The Bertz CT molecular complexity index is 543. The lowest BCUT2D eigenvalue weighted by Crippen LogP contribution is -2.05. The summed E-state index contributed by atoms with van der Waals surface area (Å²) in [4.78, 5) is 4.11. The zero-order valence-electron chi connectivity index (χ0n) is 9.73. The third-order valence-electron chi connectivity index (χ3n) is 2.40.